The van der Waals surface area contributed by atoms with Gasteiger partial charge in [0.1, 0.15) is 0 Å². The zero-order valence-corrected chi connectivity index (χ0v) is 14.4. The molecule has 0 bridgehead atoms. The zero-order valence-electron chi connectivity index (χ0n) is 13.6. The second-order valence-electron chi connectivity index (χ2n) is 6.53. The Hall–Kier alpha value is -0.950. The Labute approximate surface area is 136 Å². The second kappa shape index (κ2) is 6.28. The number of aliphatic hydroxyl groups excluding tert-OH is 1. The van der Waals surface area contributed by atoms with Crippen LogP contribution in [0.25, 0.3) is 0 Å². The molecular formula is C16H25N3O2S. The van der Waals surface area contributed by atoms with E-state index in [2.05, 4.69) is 16.8 Å². The van der Waals surface area contributed by atoms with Crippen LogP contribution in [0.4, 0.5) is 0 Å². The van der Waals surface area contributed by atoms with Crippen LogP contribution < -0.4 is 0 Å². The highest BCUT2D eigenvalue weighted by molar-refractivity contribution is 7.14. The normalized spacial score (nSPS) is 27.5. The molecule has 2 aliphatic heterocycles. The number of likely N-dealkylation sites (N-methyl/N-ethyl adjacent to an activating group) is 1. The summed E-state index contributed by atoms with van der Waals surface area (Å²) in [7, 11) is 2.12. The van der Waals surface area contributed by atoms with Crippen LogP contribution in [0, 0.1) is 13.8 Å². The molecule has 1 aromatic heterocycles. The molecule has 0 aliphatic carbocycles. The van der Waals surface area contributed by atoms with Crippen molar-refractivity contribution in [1.82, 2.24) is 14.7 Å². The highest BCUT2D eigenvalue weighted by atomic mass is 32.1. The van der Waals surface area contributed by atoms with Gasteiger partial charge in [-0.1, -0.05) is 0 Å². The van der Waals surface area contributed by atoms with Crippen LogP contribution >= 0.6 is 11.3 Å². The van der Waals surface area contributed by atoms with Gasteiger partial charge in [0.05, 0.1) is 17.0 Å². The number of aliphatic hydroxyl groups is 1. The van der Waals surface area contributed by atoms with E-state index in [1.54, 1.807) is 11.3 Å². The Morgan fingerprint density at radius 2 is 1.91 bits per heavy atom. The third kappa shape index (κ3) is 3.06. The maximum absolute atomic E-state index is 12.6. The maximum atomic E-state index is 12.6. The van der Waals surface area contributed by atoms with E-state index < -0.39 is 6.10 Å². The van der Waals surface area contributed by atoms with Gasteiger partial charge < -0.3 is 14.9 Å². The number of thiophene rings is 1. The van der Waals surface area contributed by atoms with Gasteiger partial charge in [-0.2, -0.15) is 0 Å². The molecule has 0 aromatic carbocycles. The molecule has 2 fully saturated rings. The van der Waals surface area contributed by atoms with Crippen LogP contribution in [-0.2, 0) is 0 Å². The van der Waals surface area contributed by atoms with Crippen molar-refractivity contribution >= 4 is 17.2 Å². The van der Waals surface area contributed by atoms with Gasteiger partial charge in [0.25, 0.3) is 5.91 Å². The topological polar surface area (TPSA) is 47.0 Å². The predicted molar refractivity (Wildman–Crippen MR) is 88.6 cm³/mol. The standard InChI is InChI=1S/C16H25N3O2S/c1-11-8-15(22-12(11)2)16(21)19-9-13(14(20)10-19)18-6-4-17(3)5-7-18/h8,13-14,20H,4-7,9-10H2,1-3H3/t13-,14-/m0/s1. The Morgan fingerprint density at radius 3 is 2.50 bits per heavy atom. The fraction of sp³-hybridized carbons (Fsp3) is 0.688. The molecule has 22 heavy (non-hydrogen) atoms. The maximum Gasteiger partial charge on any atom is 0.264 e. The lowest BCUT2D eigenvalue weighted by atomic mass is 10.1. The first kappa shape index (κ1) is 15.9. The van der Waals surface area contributed by atoms with Gasteiger partial charge in [0.15, 0.2) is 0 Å². The van der Waals surface area contributed by atoms with Gasteiger partial charge in [0.2, 0.25) is 0 Å². The third-order valence-electron chi connectivity index (χ3n) is 4.93. The van der Waals surface area contributed by atoms with E-state index in [1.807, 2.05) is 24.8 Å². The number of hydrogen-bond acceptors (Lipinski definition) is 5. The number of likely N-dealkylation sites (tertiary alicyclic amines) is 1. The molecule has 2 aliphatic rings. The number of carbonyl (C=O) groups is 1. The summed E-state index contributed by atoms with van der Waals surface area (Å²) in [6.45, 7) is 9.17. The minimum Gasteiger partial charge on any atom is -0.390 e. The lowest BCUT2D eigenvalue weighted by molar-refractivity contribution is 0.0512. The molecule has 0 saturated carbocycles. The molecular weight excluding hydrogens is 298 g/mol. The second-order valence-corrected chi connectivity index (χ2v) is 7.79. The molecule has 2 saturated heterocycles. The van der Waals surface area contributed by atoms with Gasteiger partial charge in [-0.15, -0.1) is 11.3 Å². The quantitative estimate of drug-likeness (QED) is 0.874. The number of hydrogen-bond donors (Lipinski definition) is 1. The smallest absolute Gasteiger partial charge is 0.264 e. The minimum atomic E-state index is -0.436. The van der Waals surface area contributed by atoms with Crippen molar-refractivity contribution in [2.24, 2.45) is 0 Å². The Balaban J connectivity index is 1.66. The van der Waals surface area contributed by atoms with Crippen molar-refractivity contribution in [1.29, 1.82) is 0 Å². The summed E-state index contributed by atoms with van der Waals surface area (Å²) in [4.78, 5) is 21.1. The van der Waals surface area contributed by atoms with Gasteiger partial charge in [-0.3, -0.25) is 9.69 Å². The molecule has 1 aromatic rings. The number of rotatable bonds is 2. The fourth-order valence-electron chi connectivity index (χ4n) is 3.28. The molecule has 3 heterocycles. The van der Waals surface area contributed by atoms with Crippen LogP contribution in [0.3, 0.4) is 0 Å². The van der Waals surface area contributed by atoms with Crippen molar-refractivity contribution < 1.29 is 9.90 Å². The largest absolute Gasteiger partial charge is 0.390 e. The van der Waals surface area contributed by atoms with Crippen molar-refractivity contribution in [2.75, 3.05) is 46.3 Å². The van der Waals surface area contributed by atoms with E-state index in [4.69, 9.17) is 0 Å². The molecule has 2 atom stereocenters. The predicted octanol–water partition coefficient (Wildman–Crippen LogP) is 0.798. The van der Waals surface area contributed by atoms with Crippen LogP contribution in [0.15, 0.2) is 6.07 Å². The van der Waals surface area contributed by atoms with E-state index in [9.17, 15) is 9.90 Å². The Bertz CT molecular complexity index is 532. The van der Waals surface area contributed by atoms with Crippen LogP contribution in [0.5, 0.6) is 0 Å². The molecule has 3 rings (SSSR count). The number of aryl methyl sites for hydroxylation is 2. The Kier molecular flexibility index (Phi) is 4.54. The number of piperazine rings is 1. The summed E-state index contributed by atoms with van der Waals surface area (Å²) in [6, 6.07) is 2.05. The van der Waals surface area contributed by atoms with Gasteiger partial charge >= 0.3 is 0 Å². The van der Waals surface area contributed by atoms with E-state index in [-0.39, 0.29) is 11.9 Å². The summed E-state index contributed by atoms with van der Waals surface area (Å²) in [5.41, 5.74) is 1.17. The molecule has 0 spiro atoms. The number of amides is 1. The minimum absolute atomic E-state index is 0.0666. The summed E-state index contributed by atoms with van der Waals surface area (Å²) in [6.07, 6.45) is -0.436. The van der Waals surface area contributed by atoms with E-state index >= 15 is 0 Å². The molecule has 1 N–H and O–H groups in total. The third-order valence-corrected chi connectivity index (χ3v) is 6.07. The summed E-state index contributed by atoms with van der Waals surface area (Å²) >= 11 is 1.55. The first-order valence-electron chi connectivity index (χ1n) is 7.92. The van der Waals surface area contributed by atoms with Crippen LogP contribution in [-0.4, -0.2) is 84.2 Å². The number of β-amino-alcohol motifs (C(OH)–C–C–N with tert-alkyl or cyclic N) is 1. The Morgan fingerprint density at radius 1 is 1.23 bits per heavy atom. The molecule has 0 unspecified atom stereocenters. The van der Waals surface area contributed by atoms with E-state index in [0.29, 0.717) is 13.1 Å². The highest BCUT2D eigenvalue weighted by Gasteiger charge is 2.38. The van der Waals surface area contributed by atoms with Crippen molar-refractivity contribution in [3.8, 4) is 0 Å². The average Bonchev–Trinajstić information content (AvgIpc) is 3.03. The van der Waals surface area contributed by atoms with Gasteiger partial charge in [-0.25, -0.2) is 0 Å². The first-order valence-corrected chi connectivity index (χ1v) is 8.74. The summed E-state index contributed by atoms with van der Waals surface area (Å²) in [5, 5.41) is 10.4. The van der Waals surface area contributed by atoms with E-state index in [0.717, 1.165) is 31.1 Å². The lowest BCUT2D eigenvalue weighted by Crippen LogP contribution is -2.52. The van der Waals surface area contributed by atoms with Crippen molar-refractivity contribution in [2.45, 2.75) is 26.0 Å². The summed E-state index contributed by atoms with van der Waals surface area (Å²) in [5.74, 6) is 0.0666. The fourth-order valence-corrected chi connectivity index (χ4v) is 4.28. The molecule has 5 nitrogen and oxygen atoms in total. The number of carbonyl (C=O) groups excluding carboxylic acids is 1. The lowest BCUT2D eigenvalue weighted by Gasteiger charge is -2.37. The molecule has 1 amide bonds. The van der Waals surface area contributed by atoms with Crippen molar-refractivity contribution in [3.63, 3.8) is 0 Å². The van der Waals surface area contributed by atoms with Gasteiger partial charge in [-0.05, 0) is 32.5 Å². The van der Waals surface area contributed by atoms with Crippen molar-refractivity contribution in [3.05, 3.63) is 21.4 Å². The monoisotopic (exact) mass is 323 g/mol. The molecule has 122 valence electrons. The van der Waals surface area contributed by atoms with Crippen LogP contribution in [0.1, 0.15) is 20.1 Å². The van der Waals surface area contributed by atoms with E-state index in [1.165, 1.54) is 10.4 Å². The molecule has 0 radical (unpaired) electrons. The highest BCUT2D eigenvalue weighted by Crippen LogP contribution is 2.25. The number of nitrogens with zero attached hydrogens (tertiary/aromatic N) is 3. The van der Waals surface area contributed by atoms with Crippen LogP contribution in [0.2, 0.25) is 0 Å². The average molecular weight is 323 g/mol. The SMILES string of the molecule is Cc1cc(C(=O)N2C[C@H](O)[C@@H](N3CCN(C)CC3)C2)sc1C. The molecule has 6 heteroatoms. The summed E-state index contributed by atoms with van der Waals surface area (Å²) < 4.78 is 0. The zero-order chi connectivity index (χ0) is 15.9. The first-order chi connectivity index (χ1) is 10.5. The van der Waals surface area contributed by atoms with Gasteiger partial charge in [0, 0.05) is 44.1 Å².